The molecular formula is C13H22N2S. The second kappa shape index (κ2) is 6.38. The van der Waals surface area contributed by atoms with Crippen molar-refractivity contribution < 1.29 is 0 Å². The van der Waals surface area contributed by atoms with E-state index in [0.717, 1.165) is 6.04 Å². The topological polar surface area (TPSA) is 15.3 Å². The lowest BCUT2D eigenvalue weighted by atomic mass is 10.2. The fourth-order valence-electron chi connectivity index (χ4n) is 2.27. The predicted octanol–water partition coefficient (Wildman–Crippen LogP) is 2.36. The largest absolute Gasteiger partial charge is 0.313 e. The molecule has 2 heterocycles. The molecule has 90 valence electrons. The number of hydrogen-bond acceptors (Lipinski definition) is 3. The highest BCUT2D eigenvalue weighted by atomic mass is 32.1. The van der Waals surface area contributed by atoms with Gasteiger partial charge in [-0.05, 0) is 54.7 Å². The number of nitrogens with one attached hydrogen (secondary N) is 1. The average Bonchev–Trinajstić information content (AvgIpc) is 2.95. The molecule has 16 heavy (non-hydrogen) atoms. The van der Waals surface area contributed by atoms with Gasteiger partial charge in [0.2, 0.25) is 0 Å². The van der Waals surface area contributed by atoms with Crippen molar-refractivity contribution in [3.05, 3.63) is 22.4 Å². The molecule has 2 rings (SSSR count). The first kappa shape index (κ1) is 12.1. The Morgan fingerprint density at radius 3 is 3.25 bits per heavy atom. The van der Waals surface area contributed by atoms with Crippen molar-refractivity contribution in [2.24, 2.45) is 0 Å². The summed E-state index contributed by atoms with van der Waals surface area (Å²) in [7, 11) is 0. The molecule has 1 aromatic rings. The minimum absolute atomic E-state index is 0.738. The van der Waals surface area contributed by atoms with Gasteiger partial charge in [0.25, 0.3) is 0 Å². The number of thiophene rings is 1. The molecule has 0 aromatic carbocycles. The molecule has 1 unspecified atom stereocenters. The van der Waals surface area contributed by atoms with E-state index in [1.807, 2.05) is 0 Å². The SMILES string of the molecule is CCCNC1CCN(CCc2ccsc2)C1. The van der Waals surface area contributed by atoms with Crippen LogP contribution in [0, 0.1) is 0 Å². The van der Waals surface area contributed by atoms with Crippen molar-refractivity contribution in [1.29, 1.82) is 0 Å². The number of likely N-dealkylation sites (tertiary alicyclic amines) is 1. The molecule has 1 atom stereocenters. The Hall–Kier alpha value is -0.380. The molecule has 1 fully saturated rings. The minimum atomic E-state index is 0.738. The summed E-state index contributed by atoms with van der Waals surface area (Å²) in [6.07, 6.45) is 3.78. The van der Waals surface area contributed by atoms with Gasteiger partial charge in [-0.2, -0.15) is 11.3 Å². The third-order valence-electron chi connectivity index (χ3n) is 3.25. The van der Waals surface area contributed by atoms with Crippen molar-refractivity contribution in [3.63, 3.8) is 0 Å². The van der Waals surface area contributed by atoms with E-state index < -0.39 is 0 Å². The maximum atomic E-state index is 3.61. The fourth-order valence-corrected chi connectivity index (χ4v) is 2.98. The van der Waals surface area contributed by atoms with Gasteiger partial charge in [-0.25, -0.2) is 0 Å². The van der Waals surface area contributed by atoms with Crippen LogP contribution in [0.4, 0.5) is 0 Å². The van der Waals surface area contributed by atoms with Crippen molar-refractivity contribution in [2.75, 3.05) is 26.2 Å². The van der Waals surface area contributed by atoms with Crippen LogP contribution in [0.3, 0.4) is 0 Å². The number of rotatable bonds is 6. The smallest absolute Gasteiger partial charge is 0.0207 e. The van der Waals surface area contributed by atoms with Crippen LogP contribution >= 0.6 is 11.3 Å². The first-order chi connectivity index (χ1) is 7.88. The zero-order chi connectivity index (χ0) is 11.2. The van der Waals surface area contributed by atoms with E-state index in [4.69, 9.17) is 0 Å². The Labute approximate surface area is 103 Å². The van der Waals surface area contributed by atoms with Crippen molar-refractivity contribution >= 4 is 11.3 Å². The first-order valence-electron chi connectivity index (χ1n) is 6.35. The van der Waals surface area contributed by atoms with Gasteiger partial charge in [0, 0.05) is 19.1 Å². The van der Waals surface area contributed by atoms with Crippen LogP contribution in [-0.4, -0.2) is 37.1 Å². The molecule has 2 nitrogen and oxygen atoms in total. The van der Waals surface area contributed by atoms with E-state index in [-0.39, 0.29) is 0 Å². The molecule has 1 saturated heterocycles. The highest BCUT2D eigenvalue weighted by molar-refractivity contribution is 7.07. The van der Waals surface area contributed by atoms with Crippen molar-refractivity contribution in [3.8, 4) is 0 Å². The number of hydrogen-bond donors (Lipinski definition) is 1. The summed E-state index contributed by atoms with van der Waals surface area (Å²) < 4.78 is 0. The second-order valence-corrected chi connectivity index (χ2v) is 5.40. The van der Waals surface area contributed by atoms with Gasteiger partial charge >= 0.3 is 0 Å². The Morgan fingerprint density at radius 1 is 1.56 bits per heavy atom. The van der Waals surface area contributed by atoms with Crippen LogP contribution in [-0.2, 0) is 6.42 Å². The summed E-state index contributed by atoms with van der Waals surface area (Å²) in [5, 5.41) is 8.05. The monoisotopic (exact) mass is 238 g/mol. The van der Waals surface area contributed by atoms with E-state index in [1.165, 1.54) is 51.0 Å². The Balaban J connectivity index is 1.65. The number of nitrogens with zero attached hydrogens (tertiary/aromatic N) is 1. The molecule has 0 aliphatic carbocycles. The predicted molar refractivity (Wildman–Crippen MR) is 71.2 cm³/mol. The van der Waals surface area contributed by atoms with Crippen LogP contribution in [0.2, 0.25) is 0 Å². The molecular weight excluding hydrogens is 216 g/mol. The van der Waals surface area contributed by atoms with E-state index >= 15 is 0 Å². The third-order valence-corrected chi connectivity index (χ3v) is 3.98. The van der Waals surface area contributed by atoms with Gasteiger partial charge in [-0.3, -0.25) is 0 Å². The maximum Gasteiger partial charge on any atom is 0.0207 e. The van der Waals surface area contributed by atoms with E-state index in [0.29, 0.717) is 0 Å². The van der Waals surface area contributed by atoms with Crippen LogP contribution in [0.5, 0.6) is 0 Å². The summed E-state index contributed by atoms with van der Waals surface area (Å²) >= 11 is 1.80. The lowest BCUT2D eigenvalue weighted by Crippen LogP contribution is -2.33. The summed E-state index contributed by atoms with van der Waals surface area (Å²) in [6, 6.07) is 2.98. The molecule has 0 bridgehead atoms. The zero-order valence-electron chi connectivity index (χ0n) is 10.1. The standard InChI is InChI=1S/C13H22N2S/c1-2-6-14-13-4-8-15(10-13)7-3-12-5-9-16-11-12/h5,9,11,13-14H,2-4,6-8,10H2,1H3. The normalized spacial score (nSPS) is 21.7. The van der Waals surface area contributed by atoms with Gasteiger partial charge in [0.1, 0.15) is 0 Å². The molecule has 0 spiro atoms. The van der Waals surface area contributed by atoms with E-state index in [9.17, 15) is 0 Å². The van der Waals surface area contributed by atoms with Crippen molar-refractivity contribution in [1.82, 2.24) is 10.2 Å². The van der Waals surface area contributed by atoms with Crippen molar-refractivity contribution in [2.45, 2.75) is 32.2 Å². The Kier molecular flexibility index (Phi) is 4.82. The van der Waals surface area contributed by atoms with Crippen LogP contribution in [0.1, 0.15) is 25.3 Å². The third kappa shape index (κ3) is 3.58. The molecule has 1 aromatic heterocycles. The Bertz CT molecular complexity index is 284. The van der Waals surface area contributed by atoms with Gasteiger partial charge in [0.15, 0.2) is 0 Å². The Morgan fingerprint density at radius 2 is 2.50 bits per heavy atom. The molecule has 1 aliphatic heterocycles. The van der Waals surface area contributed by atoms with Crippen LogP contribution in [0.25, 0.3) is 0 Å². The van der Waals surface area contributed by atoms with Crippen LogP contribution < -0.4 is 5.32 Å². The summed E-state index contributed by atoms with van der Waals surface area (Å²) in [4.78, 5) is 2.59. The highest BCUT2D eigenvalue weighted by Crippen LogP contribution is 2.12. The lowest BCUT2D eigenvalue weighted by Gasteiger charge is -2.16. The summed E-state index contributed by atoms with van der Waals surface area (Å²) in [5.74, 6) is 0. The van der Waals surface area contributed by atoms with E-state index in [1.54, 1.807) is 11.3 Å². The van der Waals surface area contributed by atoms with Gasteiger partial charge < -0.3 is 10.2 Å². The zero-order valence-corrected chi connectivity index (χ0v) is 10.9. The quantitative estimate of drug-likeness (QED) is 0.818. The second-order valence-electron chi connectivity index (χ2n) is 4.62. The lowest BCUT2D eigenvalue weighted by molar-refractivity contribution is 0.332. The summed E-state index contributed by atoms with van der Waals surface area (Å²) in [5.41, 5.74) is 1.50. The molecule has 3 heteroatoms. The maximum absolute atomic E-state index is 3.61. The minimum Gasteiger partial charge on any atom is -0.313 e. The molecule has 0 saturated carbocycles. The molecule has 1 aliphatic rings. The van der Waals surface area contributed by atoms with Gasteiger partial charge in [-0.15, -0.1) is 0 Å². The first-order valence-corrected chi connectivity index (χ1v) is 7.29. The highest BCUT2D eigenvalue weighted by Gasteiger charge is 2.20. The molecule has 0 radical (unpaired) electrons. The average molecular weight is 238 g/mol. The van der Waals surface area contributed by atoms with Gasteiger partial charge in [0.05, 0.1) is 0 Å². The van der Waals surface area contributed by atoms with Crippen LogP contribution in [0.15, 0.2) is 16.8 Å². The van der Waals surface area contributed by atoms with Gasteiger partial charge in [-0.1, -0.05) is 6.92 Å². The molecule has 0 amide bonds. The molecule has 1 N–H and O–H groups in total. The summed E-state index contributed by atoms with van der Waals surface area (Å²) in [6.45, 7) is 7.13. The fraction of sp³-hybridized carbons (Fsp3) is 0.692. The van der Waals surface area contributed by atoms with E-state index in [2.05, 4.69) is 34.0 Å².